The molecule has 0 amide bonds. The molecule has 1 saturated heterocycles. The van der Waals surface area contributed by atoms with E-state index in [9.17, 15) is 9.59 Å². The molecule has 0 saturated carbocycles. The van der Waals surface area contributed by atoms with Crippen molar-refractivity contribution in [2.75, 3.05) is 18.0 Å². The summed E-state index contributed by atoms with van der Waals surface area (Å²) in [7, 11) is 1.67. The van der Waals surface area contributed by atoms with Crippen LogP contribution in [0.3, 0.4) is 0 Å². The number of hydrogen-bond acceptors (Lipinski definition) is 4. The Labute approximate surface area is 128 Å². The van der Waals surface area contributed by atoms with Crippen molar-refractivity contribution >= 4 is 17.1 Å². The van der Waals surface area contributed by atoms with Crippen molar-refractivity contribution in [2.24, 2.45) is 7.05 Å². The van der Waals surface area contributed by atoms with Gasteiger partial charge in [0.05, 0.1) is 0 Å². The van der Waals surface area contributed by atoms with Crippen molar-refractivity contribution in [2.45, 2.75) is 45.6 Å². The molecule has 3 rings (SSSR count). The monoisotopic (exact) mass is 305 g/mol. The smallest absolute Gasteiger partial charge is 0.332 e. The summed E-state index contributed by atoms with van der Waals surface area (Å²) < 4.78 is 2.75. The van der Waals surface area contributed by atoms with Crippen LogP contribution in [0.4, 0.5) is 5.95 Å². The predicted molar refractivity (Wildman–Crippen MR) is 86.6 cm³/mol. The Bertz CT molecular complexity index is 778. The highest BCUT2D eigenvalue weighted by Crippen LogP contribution is 2.18. The fourth-order valence-corrected chi connectivity index (χ4v) is 3.09. The second-order valence-electron chi connectivity index (χ2n) is 5.96. The molecule has 1 N–H and O–H groups in total. The van der Waals surface area contributed by atoms with E-state index in [1.807, 2.05) is 6.92 Å². The van der Waals surface area contributed by atoms with Gasteiger partial charge < -0.3 is 9.88 Å². The first-order chi connectivity index (χ1) is 10.6. The molecule has 0 unspecified atom stereocenters. The molecule has 2 aromatic heterocycles. The fourth-order valence-electron chi connectivity index (χ4n) is 3.09. The molecule has 1 aliphatic rings. The van der Waals surface area contributed by atoms with Gasteiger partial charge in [-0.2, -0.15) is 4.98 Å². The summed E-state index contributed by atoms with van der Waals surface area (Å²) in [6, 6.07) is 0. The number of anilines is 1. The minimum atomic E-state index is -0.298. The van der Waals surface area contributed by atoms with Gasteiger partial charge in [-0.25, -0.2) is 4.79 Å². The third-order valence-electron chi connectivity index (χ3n) is 4.32. The van der Waals surface area contributed by atoms with E-state index in [0.29, 0.717) is 23.7 Å². The van der Waals surface area contributed by atoms with Gasteiger partial charge >= 0.3 is 5.69 Å². The first-order valence-corrected chi connectivity index (χ1v) is 8.08. The number of nitrogens with zero attached hydrogens (tertiary/aromatic N) is 4. The van der Waals surface area contributed by atoms with E-state index in [-0.39, 0.29) is 11.2 Å². The van der Waals surface area contributed by atoms with Crippen molar-refractivity contribution in [3.8, 4) is 0 Å². The van der Waals surface area contributed by atoms with Crippen molar-refractivity contribution in [1.29, 1.82) is 0 Å². The van der Waals surface area contributed by atoms with Crippen LogP contribution in [0.15, 0.2) is 9.59 Å². The molecule has 0 aliphatic carbocycles. The number of nitrogens with one attached hydrogen (secondary N) is 1. The zero-order valence-corrected chi connectivity index (χ0v) is 13.3. The topological polar surface area (TPSA) is 75.9 Å². The number of H-pyrrole nitrogens is 1. The molecule has 7 heteroatoms. The van der Waals surface area contributed by atoms with Crippen molar-refractivity contribution in [1.82, 2.24) is 19.1 Å². The zero-order valence-electron chi connectivity index (χ0n) is 13.3. The predicted octanol–water partition coefficient (Wildman–Crippen LogP) is 1.21. The third kappa shape index (κ3) is 2.44. The Kier molecular flexibility index (Phi) is 4.04. The van der Waals surface area contributed by atoms with E-state index < -0.39 is 0 Å². The summed E-state index contributed by atoms with van der Waals surface area (Å²) in [5.74, 6) is 0.707. The Morgan fingerprint density at radius 2 is 1.82 bits per heavy atom. The fraction of sp³-hybridized carbons (Fsp3) is 0.667. The van der Waals surface area contributed by atoms with Crippen LogP contribution in [0.1, 0.15) is 39.0 Å². The molecule has 1 fully saturated rings. The molecule has 2 aromatic rings. The number of imidazole rings is 1. The van der Waals surface area contributed by atoms with Crippen molar-refractivity contribution < 1.29 is 0 Å². The molecule has 0 radical (unpaired) electrons. The molecule has 3 heterocycles. The van der Waals surface area contributed by atoms with Gasteiger partial charge in [-0.05, 0) is 19.3 Å². The summed E-state index contributed by atoms with van der Waals surface area (Å²) in [5, 5.41) is 0. The number of rotatable bonds is 3. The van der Waals surface area contributed by atoms with E-state index >= 15 is 0 Å². The molecule has 120 valence electrons. The summed E-state index contributed by atoms with van der Waals surface area (Å²) >= 11 is 0. The van der Waals surface area contributed by atoms with Gasteiger partial charge in [-0.3, -0.25) is 13.9 Å². The lowest BCUT2D eigenvalue weighted by Gasteiger charge is -2.18. The zero-order chi connectivity index (χ0) is 15.7. The summed E-state index contributed by atoms with van der Waals surface area (Å²) in [4.78, 5) is 34.7. The van der Waals surface area contributed by atoms with E-state index in [2.05, 4.69) is 14.9 Å². The van der Waals surface area contributed by atoms with Gasteiger partial charge in [0.1, 0.15) is 0 Å². The number of aromatic nitrogens is 4. The molecule has 0 bridgehead atoms. The van der Waals surface area contributed by atoms with Crippen molar-refractivity contribution in [3.05, 3.63) is 20.8 Å². The van der Waals surface area contributed by atoms with Crippen molar-refractivity contribution in [3.63, 3.8) is 0 Å². The normalized spacial score (nSPS) is 16.2. The average Bonchev–Trinajstić information content (AvgIpc) is 2.78. The largest absolute Gasteiger partial charge is 0.342 e. The van der Waals surface area contributed by atoms with E-state index in [4.69, 9.17) is 0 Å². The summed E-state index contributed by atoms with van der Waals surface area (Å²) in [6.45, 7) is 4.26. The van der Waals surface area contributed by atoms with Crippen LogP contribution >= 0.6 is 0 Å². The SMILES string of the molecule is CCCn1c(=O)c2[nH]c(N3CCCCCC3)nc2n(C)c1=O. The lowest BCUT2D eigenvalue weighted by Crippen LogP contribution is -2.39. The second kappa shape index (κ2) is 5.98. The molecular formula is C15H23N5O2. The standard InChI is InChI=1S/C15H23N5O2/c1-3-8-20-13(21)11-12(18(2)15(20)22)17-14(16-11)19-9-6-4-5-7-10-19/h3-10H2,1-2H3,(H,16,17). The second-order valence-corrected chi connectivity index (χ2v) is 5.96. The molecular weight excluding hydrogens is 282 g/mol. The average molecular weight is 305 g/mol. The highest BCUT2D eigenvalue weighted by atomic mass is 16.2. The Morgan fingerprint density at radius 1 is 1.14 bits per heavy atom. The van der Waals surface area contributed by atoms with Gasteiger partial charge in [-0.1, -0.05) is 19.8 Å². The molecule has 1 aliphatic heterocycles. The molecule has 0 aromatic carbocycles. The number of aromatic amines is 1. The quantitative estimate of drug-likeness (QED) is 0.925. The van der Waals surface area contributed by atoms with Gasteiger partial charge in [0.2, 0.25) is 5.95 Å². The Hall–Kier alpha value is -2.05. The minimum absolute atomic E-state index is 0.270. The Balaban J connectivity index is 2.13. The third-order valence-corrected chi connectivity index (χ3v) is 4.32. The van der Waals surface area contributed by atoms with Gasteiger partial charge in [0.15, 0.2) is 11.2 Å². The van der Waals surface area contributed by atoms with Gasteiger partial charge in [0.25, 0.3) is 5.56 Å². The van der Waals surface area contributed by atoms with Gasteiger partial charge in [0, 0.05) is 26.7 Å². The summed E-state index contributed by atoms with van der Waals surface area (Å²) in [5.41, 5.74) is 0.304. The maximum Gasteiger partial charge on any atom is 0.332 e. The maximum absolute atomic E-state index is 12.5. The van der Waals surface area contributed by atoms with Crippen LogP contribution in [0.5, 0.6) is 0 Å². The van der Waals surface area contributed by atoms with E-state index in [1.165, 1.54) is 22.0 Å². The minimum Gasteiger partial charge on any atom is -0.342 e. The van der Waals surface area contributed by atoms with Crippen LogP contribution in [0, 0.1) is 0 Å². The molecule has 22 heavy (non-hydrogen) atoms. The number of aryl methyl sites for hydroxylation is 1. The highest BCUT2D eigenvalue weighted by Gasteiger charge is 2.18. The number of fused-ring (bicyclic) bond motifs is 1. The maximum atomic E-state index is 12.5. The molecule has 0 atom stereocenters. The van der Waals surface area contributed by atoms with Crippen LogP contribution in [0.25, 0.3) is 11.2 Å². The molecule has 7 nitrogen and oxygen atoms in total. The first-order valence-electron chi connectivity index (χ1n) is 8.08. The van der Waals surface area contributed by atoms with Gasteiger partial charge in [-0.15, -0.1) is 0 Å². The lowest BCUT2D eigenvalue weighted by molar-refractivity contribution is 0.593. The lowest BCUT2D eigenvalue weighted by atomic mass is 10.2. The van der Waals surface area contributed by atoms with E-state index in [0.717, 1.165) is 32.4 Å². The number of hydrogen-bond donors (Lipinski definition) is 1. The molecule has 0 spiro atoms. The van der Waals surface area contributed by atoms with Crippen LogP contribution in [-0.4, -0.2) is 32.2 Å². The van der Waals surface area contributed by atoms with Crippen LogP contribution < -0.4 is 16.1 Å². The summed E-state index contributed by atoms with van der Waals surface area (Å²) in [6.07, 6.45) is 5.48. The highest BCUT2D eigenvalue weighted by molar-refractivity contribution is 5.73. The first kappa shape index (κ1) is 14.9. The van der Waals surface area contributed by atoms with Crippen LogP contribution in [0.2, 0.25) is 0 Å². The van der Waals surface area contributed by atoms with Crippen LogP contribution in [-0.2, 0) is 13.6 Å². The Morgan fingerprint density at radius 3 is 2.45 bits per heavy atom. The van der Waals surface area contributed by atoms with E-state index in [1.54, 1.807) is 7.05 Å².